The van der Waals surface area contributed by atoms with Crippen molar-refractivity contribution in [1.82, 2.24) is 14.8 Å². The summed E-state index contributed by atoms with van der Waals surface area (Å²) in [5.74, 6) is 0.0478. The molecule has 6 heteroatoms. The van der Waals surface area contributed by atoms with Gasteiger partial charge in [0.15, 0.2) is 10.9 Å². The minimum atomic E-state index is -0.298. The Kier molecular flexibility index (Phi) is 5.24. The molecule has 0 aliphatic heterocycles. The third kappa shape index (κ3) is 3.50. The number of carbonyl (C=O) groups excluding carboxylic acids is 1. The van der Waals surface area contributed by atoms with Crippen LogP contribution in [0.3, 0.4) is 0 Å². The van der Waals surface area contributed by atoms with Gasteiger partial charge in [0.2, 0.25) is 0 Å². The molecule has 0 unspecified atom stereocenters. The average molecular weight is 319 g/mol. The fraction of sp³-hybridized carbons (Fsp3) is 0.438. The first-order chi connectivity index (χ1) is 10.4. The molecule has 0 aliphatic carbocycles. The zero-order valence-corrected chi connectivity index (χ0v) is 14.2. The van der Waals surface area contributed by atoms with E-state index in [1.165, 1.54) is 17.3 Å². The second-order valence-corrected chi connectivity index (χ2v) is 6.69. The average Bonchev–Trinajstić information content (AvgIpc) is 2.82. The molecule has 1 heterocycles. The first-order valence-electron chi connectivity index (χ1n) is 7.37. The van der Waals surface area contributed by atoms with Crippen molar-refractivity contribution in [3.05, 3.63) is 45.4 Å². The molecule has 22 heavy (non-hydrogen) atoms. The van der Waals surface area contributed by atoms with Crippen molar-refractivity contribution in [2.75, 3.05) is 0 Å². The standard InChI is InChI=1S/C16H21N3O2S/c1-5-8-19-15(21)17-18-16(19)22-12(4)14(20)13-7-6-10(2)11(3)9-13/h6-7,9,12H,5,8H2,1-4H3,(H,17,21)/t12-/m0/s1. The summed E-state index contributed by atoms with van der Waals surface area (Å²) >= 11 is 1.32. The molecule has 1 aromatic heterocycles. The summed E-state index contributed by atoms with van der Waals surface area (Å²) in [5, 5.41) is 6.73. The van der Waals surface area contributed by atoms with Crippen molar-refractivity contribution < 1.29 is 4.79 Å². The minimum absolute atomic E-state index is 0.0478. The first-order valence-corrected chi connectivity index (χ1v) is 8.25. The number of ketones is 1. The number of carbonyl (C=O) groups is 1. The molecule has 2 rings (SSSR count). The number of aryl methyl sites for hydroxylation is 2. The maximum absolute atomic E-state index is 12.5. The molecular formula is C16H21N3O2S. The number of H-pyrrole nitrogens is 1. The van der Waals surface area contributed by atoms with Crippen molar-refractivity contribution in [2.45, 2.75) is 51.1 Å². The third-order valence-corrected chi connectivity index (χ3v) is 4.70. The zero-order valence-electron chi connectivity index (χ0n) is 13.3. The number of rotatable bonds is 6. The second kappa shape index (κ2) is 6.96. The highest BCUT2D eigenvalue weighted by Gasteiger charge is 2.20. The van der Waals surface area contributed by atoms with Crippen molar-refractivity contribution in [1.29, 1.82) is 0 Å². The van der Waals surface area contributed by atoms with Crippen LogP contribution in [0.2, 0.25) is 0 Å². The summed E-state index contributed by atoms with van der Waals surface area (Å²) in [5.41, 5.74) is 2.74. The molecular weight excluding hydrogens is 298 g/mol. The van der Waals surface area contributed by atoms with E-state index < -0.39 is 0 Å². The van der Waals surface area contributed by atoms with Crippen LogP contribution in [-0.4, -0.2) is 25.8 Å². The Balaban J connectivity index is 2.18. The predicted molar refractivity (Wildman–Crippen MR) is 88.7 cm³/mol. The number of aromatic amines is 1. The van der Waals surface area contributed by atoms with E-state index in [1.807, 2.05) is 45.9 Å². The van der Waals surface area contributed by atoms with E-state index >= 15 is 0 Å². The summed E-state index contributed by atoms with van der Waals surface area (Å²) in [6.07, 6.45) is 0.840. The van der Waals surface area contributed by atoms with E-state index in [4.69, 9.17) is 0 Å². The molecule has 1 atom stereocenters. The van der Waals surface area contributed by atoms with Crippen LogP contribution in [0.5, 0.6) is 0 Å². The Morgan fingerprint density at radius 2 is 2.09 bits per heavy atom. The van der Waals surface area contributed by atoms with Gasteiger partial charge in [-0.25, -0.2) is 9.89 Å². The molecule has 0 spiro atoms. The van der Waals surface area contributed by atoms with Crippen LogP contribution in [0.4, 0.5) is 0 Å². The van der Waals surface area contributed by atoms with Crippen LogP contribution in [0, 0.1) is 13.8 Å². The summed E-state index contributed by atoms with van der Waals surface area (Å²) in [7, 11) is 0. The van der Waals surface area contributed by atoms with Crippen molar-refractivity contribution in [3.8, 4) is 0 Å². The van der Waals surface area contributed by atoms with Gasteiger partial charge in [0.1, 0.15) is 0 Å². The molecule has 0 fully saturated rings. The molecule has 5 nitrogen and oxygen atoms in total. The van der Waals surface area contributed by atoms with Gasteiger partial charge in [-0.15, -0.1) is 5.10 Å². The minimum Gasteiger partial charge on any atom is -0.293 e. The van der Waals surface area contributed by atoms with Crippen LogP contribution >= 0.6 is 11.8 Å². The number of hydrogen-bond donors (Lipinski definition) is 1. The summed E-state index contributed by atoms with van der Waals surface area (Å²) in [6, 6.07) is 5.73. The predicted octanol–water partition coefficient (Wildman–Crippen LogP) is 2.96. The molecule has 2 aromatic rings. The monoisotopic (exact) mass is 319 g/mol. The van der Waals surface area contributed by atoms with Crippen LogP contribution in [0.25, 0.3) is 0 Å². The smallest absolute Gasteiger partial charge is 0.293 e. The zero-order chi connectivity index (χ0) is 16.3. The maximum atomic E-state index is 12.5. The fourth-order valence-electron chi connectivity index (χ4n) is 2.16. The van der Waals surface area contributed by atoms with Crippen LogP contribution in [0.15, 0.2) is 28.2 Å². The Morgan fingerprint density at radius 3 is 2.73 bits per heavy atom. The highest BCUT2D eigenvalue weighted by molar-refractivity contribution is 8.00. The normalized spacial score (nSPS) is 12.4. The highest BCUT2D eigenvalue weighted by Crippen LogP contribution is 2.24. The van der Waals surface area contributed by atoms with Crippen LogP contribution in [0.1, 0.15) is 41.8 Å². The van der Waals surface area contributed by atoms with Gasteiger partial charge in [-0.2, -0.15) is 0 Å². The van der Waals surface area contributed by atoms with Gasteiger partial charge in [-0.3, -0.25) is 9.36 Å². The molecule has 0 amide bonds. The van der Waals surface area contributed by atoms with Gasteiger partial charge in [0, 0.05) is 12.1 Å². The van der Waals surface area contributed by atoms with Crippen LogP contribution in [-0.2, 0) is 6.54 Å². The molecule has 1 aromatic carbocycles. The first kappa shape index (κ1) is 16.5. The van der Waals surface area contributed by atoms with E-state index in [0.29, 0.717) is 17.3 Å². The Hall–Kier alpha value is -1.82. The van der Waals surface area contributed by atoms with E-state index in [9.17, 15) is 9.59 Å². The van der Waals surface area contributed by atoms with Crippen molar-refractivity contribution in [3.63, 3.8) is 0 Å². The van der Waals surface area contributed by atoms with Crippen LogP contribution < -0.4 is 5.69 Å². The number of nitrogens with zero attached hydrogens (tertiary/aromatic N) is 2. The molecule has 0 bridgehead atoms. The third-order valence-electron chi connectivity index (χ3n) is 3.61. The van der Waals surface area contributed by atoms with Gasteiger partial charge in [-0.1, -0.05) is 30.8 Å². The Bertz CT molecular complexity index is 733. The van der Waals surface area contributed by atoms with Gasteiger partial charge in [-0.05, 0) is 44.4 Å². The Labute approximate surface area is 134 Å². The molecule has 0 saturated heterocycles. The largest absolute Gasteiger partial charge is 0.343 e. The summed E-state index contributed by atoms with van der Waals surface area (Å²) in [4.78, 5) is 24.2. The lowest BCUT2D eigenvalue weighted by Crippen LogP contribution is -2.19. The highest BCUT2D eigenvalue weighted by atomic mass is 32.2. The molecule has 1 N–H and O–H groups in total. The van der Waals surface area contributed by atoms with Crippen molar-refractivity contribution in [2.24, 2.45) is 0 Å². The van der Waals surface area contributed by atoms with Gasteiger partial charge >= 0.3 is 5.69 Å². The summed E-state index contributed by atoms with van der Waals surface area (Å²) < 4.78 is 1.58. The number of Topliss-reactive ketones (excluding diaryl/α,β-unsaturated/α-hetero) is 1. The number of benzene rings is 1. The number of nitrogens with one attached hydrogen (secondary N) is 1. The van der Waals surface area contributed by atoms with Gasteiger partial charge in [0.25, 0.3) is 0 Å². The molecule has 118 valence electrons. The number of hydrogen-bond acceptors (Lipinski definition) is 4. The Morgan fingerprint density at radius 1 is 1.36 bits per heavy atom. The molecule has 0 aliphatic rings. The maximum Gasteiger partial charge on any atom is 0.343 e. The van der Waals surface area contributed by atoms with E-state index in [1.54, 1.807) is 4.57 Å². The lowest BCUT2D eigenvalue weighted by atomic mass is 10.0. The second-order valence-electron chi connectivity index (χ2n) is 5.39. The SMILES string of the molecule is CCCn1c(S[C@@H](C)C(=O)c2ccc(C)c(C)c2)n[nH]c1=O. The summed E-state index contributed by atoms with van der Waals surface area (Å²) in [6.45, 7) is 8.46. The van der Waals surface area contributed by atoms with Gasteiger partial charge < -0.3 is 0 Å². The van der Waals surface area contributed by atoms with Gasteiger partial charge in [0.05, 0.1) is 5.25 Å². The molecule has 0 saturated carbocycles. The van der Waals surface area contributed by atoms with Crippen molar-refractivity contribution >= 4 is 17.5 Å². The van der Waals surface area contributed by atoms with E-state index in [0.717, 1.165) is 12.0 Å². The van der Waals surface area contributed by atoms with E-state index in [2.05, 4.69) is 10.2 Å². The number of aromatic nitrogens is 3. The molecule has 0 radical (unpaired) electrons. The number of thioether (sulfide) groups is 1. The fourth-order valence-corrected chi connectivity index (χ4v) is 3.11. The lowest BCUT2D eigenvalue weighted by molar-refractivity contribution is 0.0993. The van der Waals surface area contributed by atoms with E-state index in [-0.39, 0.29) is 16.7 Å². The topological polar surface area (TPSA) is 67.8 Å². The lowest BCUT2D eigenvalue weighted by Gasteiger charge is -2.11. The quantitative estimate of drug-likeness (QED) is 0.656.